The maximum atomic E-state index is 12.8. The molecule has 20 heavy (non-hydrogen) atoms. The molecule has 1 aromatic carbocycles. The normalized spacial score (nSPS) is 26.3. The van der Waals surface area contributed by atoms with E-state index >= 15 is 0 Å². The topological polar surface area (TPSA) is 35.6 Å². The van der Waals surface area contributed by atoms with Crippen molar-refractivity contribution in [3.8, 4) is 0 Å². The number of anilines is 2. The Labute approximate surface area is 120 Å². The molecule has 0 aromatic heterocycles. The highest BCUT2D eigenvalue weighted by atomic mass is 16.2. The quantitative estimate of drug-likeness (QED) is 0.846. The SMILES string of the molecule is C[C@@H]1CN(C)c2ccccc2N(C(=O)[C@H]2CCNC2)C1. The smallest absolute Gasteiger partial charge is 0.231 e. The highest BCUT2D eigenvalue weighted by Gasteiger charge is 2.32. The van der Waals surface area contributed by atoms with Crippen molar-refractivity contribution >= 4 is 17.3 Å². The second kappa shape index (κ2) is 5.44. The first-order chi connectivity index (χ1) is 9.66. The van der Waals surface area contributed by atoms with Crippen molar-refractivity contribution in [2.24, 2.45) is 11.8 Å². The molecule has 0 radical (unpaired) electrons. The summed E-state index contributed by atoms with van der Waals surface area (Å²) in [4.78, 5) is 17.1. The minimum Gasteiger partial charge on any atom is -0.373 e. The van der Waals surface area contributed by atoms with Gasteiger partial charge in [0.2, 0.25) is 5.91 Å². The molecule has 2 aliphatic heterocycles. The zero-order chi connectivity index (χ0) is 14.1. The molecule has 1 N–H and O–H groups in total. The minimum atomic E-state index is 0.138. The lowest BCUT2D eigenvalue weighted by molar-refractivity contribution is -0.121. The van der Waals surface area contributed by atoms with Crippen LogP contribution >= 0.6 is 0 Å². The van der Waals surface area contributed by atoms with Crippen LogP contribution in [0.5, 0.6) is 0 Å². The van der Waals surface area contributed by atoms with E-state index in [2.05, 4.69) is 36.3 Å². The average molecular weight is 273 g/mol. The van der Waals surface area contributed by atoms with Crippen LogP contribution in [0, 0.1) is 11.8 Å². The van der Waals surface area contributed by atoms with Crippen molar-refractivity contribution in [2.75, 3.05) is 43.0 Å². The maximum absolute atomic E-state index is 12.8. The summed E-state index contributed by atoms with van der Waals surface area (Å²) in [5, 5.41) is 3.29. The average Bonchev–Trinajstić information content (AvgIpc) is 2.94. The van der Waals surface area contributed by atoms with Gasteiger partial charge in [-0.1, -0.05) is 19.1 Å². The second-order valence-electron chi connectivity index (χ2n) is 6.11. The summed E-state index contributed by atoms with van der Waals surface area (Å²) in [6.07, 6.45) is 0.960. The molecule has 0 aliphatic carbocycles. The fourth-order valence-electron chi connectivity index (χ4n) is 3.34. The lowest BCUT2D eigenvalue weighted by atomic mass is 10.1. The van der Waals surface area contributed by atoms with Gasteiger partial charge in [-0.25, -0.2) is 0 Å². The maximum Gasteiger partial charge on any atom is 0.231 e. The zero-order valence-corrected chi connectivity index (χ0v) is 12.3. The van der Waals surface area contributed by atoms with Crippen molar-refractivity contribution in [2.45, 2.75) is 13.3 Å². The molecule has 1 aromatic rings. The third-order valence-corrected chi connectivity index (χ3v) is 4.34. The van der Waals surface area contributed by atoms with Gasteiger partial charge in [-0.05, 0) is 31.0 Å². The predicted molar refractivity (Wildman–Crippen MR) is 82.2 cm³/mol. The number of para-hydroxylation sites is 2. The van der Waals surface area contributed by atoms with Gasteiger partial charge in [-0.15, -0.1) is 0 Å². The molecule has 0 unspecified atom stereocenters. The molecule has 3 rings (SSSR count). The highest BCUT2D eigenvalue weighted by Crippen LogP contribution is 2.33. The molecule has 2 heterocycles. The summed E-state index contributed by atoms with van der Waals surface area (Å²) in [6, 6.07) is 8.26. The summed E-state index contributed by atoms with van der Waals surface area (Å²) in [5.41, 5.74) is 2.23. The number of rotatable bonds is 1. The Morgan fingerprint density at radius 2 is 2.00 bits per heavy atom. The molecule has 1 amide bonds. The third-order valence-electron chi connectivity index (χ3n) is 4.34. The highest BCUT2D eigenvalue weighted by molar-refractivity contribution is 5.98. The molecule has 0 bridgehead atoms. The van der Waals surface area contributed by atoms with Gasteiger partial charge in [-0.3, -0.25) is 4.79 Å². The number of fused-ring (bicyclic) bond motifs is 1. The molecular weight excluding hydrogens is 250 g/mol. The Bertz CT molecular complexity index is 496. The summed E-state index contributed by atoms with van der Waals surface area (Å²) in [6.45, 7) is 5.80. The van der Waals surface area contributed by atoms with Gasteiger partial charge in [0.05, 0.1) is 17.3 Å². The standard InChI is InChI=1S/C16H23N3O/c1-12-10-18(2)14-5-3-4-6-15(14)19(11-12)16(20)13-7-8-17-9-13/h3-6,12-13,17H,7-11H2,1-2H3/t12-,13+/m1/s1. The van der Waals surface area contributed by atoms with Crippen LogP contribution in [-0.2, 0) is 4.79 Å². The molecule has 108 valence electrons. The second-order valence-corrected chi connectivity index (χ2v) is 6.11. The lowest BCUT2D eigenvalue weighted by Crippen LogP contribution is -2.39. The van der Waals surface area contributed by atoms with E-state index < -0.39 is 0 Å². The van der Waals surface area contributed by atoms with Crippen molar-refractivity contribution in [1.82, 2.24) is 5.32 Å². The van der Waals surface area contributed by atoms with Gasteiger partial charge in [0.15, 0.2) is 0 Å². The first-order valence-electron chi connectivity index (χ1n) is 7.49. The molecule has 1 saturated heterocycles. The van der Waals surface area contributed by atoms with Crippen LogP contribution in [0.2, 0.25) is 0 Å². The first kappa shape index (κ1) is 13.4. The number of nitrogens with one attached hydrogen (secondary N) is 1. The molecule has 2 aliphatic rings. The van der Waals surface area contributed by atoms with E-state index in [-0.39, 0.29) is 11.8 Å². The third kappa shape index (κ3) is 2.40. The monoisotopic (exact) mass is 273 g/mol. The van der Waals surface area contributed by atoms with E-state index in [9.17, 15) is 4.79 Å². The molecule has 4 nitrogen and oxygen atoms in total. The molecule has 0 spiro atoms. The summed E-state index contributed by atoms with van der Waals surface area (Å²) >= 11 is 0. The number of amides is 1. The molecule has 1 fully saturated rings. The summed E-state index contributed by atoms with van der Waals surface area (Å²) in [7, 11) is 2.11. The predicted octanol–water partition coefficient (Wildman–Crippen LogP) is 1.71. The Kier molecular flexibility index (Phi) is 3.66. The van der Waals surface area contributed by atoms with Gasteiger partial charge in [0, 0.05) is 26.7 Å². The van der Waals surface area contributed by atoms with Crippen molar-refractivity contribution < 1.29 is 4.79 Å². The van der Waals surface area contributed by atoms with E-state index in [0.29, 0.717) is 5.92 Å². The lowest BCUT2D eigenvalue weighted by Gasteiger charge is -2.27. The largest absolute Gasteiger partial charge is 0.373 e. The van der Waals surface area contributed by atoms with Crippen LogP contribution in [0.15, 0.2) is 24.3 Å². The number of carbonyl (C=O) groups excluding carboxylic acids is 1. The Morgan fingerprint density at radius 3 is 2.70 bits per heavy atom. The molecular formula is C16H23N3O. The van der Waals surface area contributed by atoms with Crippen LogP contribution < -0.4 is 15.1 Å². The van der Waals surface area contributed by atoms with E-state index in [0.717, 1.165) is 44.0 Å². The van der Waals surface area contributed by atoms with Crippen LogP contribution in [0.1, 0.15) is 13.3 Å². The van der Waals surface area contributed by atoms with Crippen LogP contribution in [-0.4, -0.2) is 39.1 Å². The zero-order valence-electron chi connectivity index (χ0n) is 12.3. The Hall–Kier alpha value is -1.55. The first-order valence-corrected chi connectivity index (χ1v) is 7.49. The van der Waals surface area contributed by atoms with Gasteiger partial charge in [0.1, 0.15) is 0 Å². The molecule has 4 heteroatoms. The van der Waals surface area contributed by atoms with Gasteiger partial charge in [0.25, 0.3) is 0 Å². The van der Waals surface area contributed by atoms with Crippen LogP contribution in [0.4, 0.5) is 11.4 Å². The van der Waals surface area contributed by atoms with Gasteiger partial charge >= 0.3 is 0 Å². The number of hydrogen-bond acceptors (Lipinski definition) is 3. The van der Waals surface area contributed by atoms with E-state index in [1.165, 1.54) is 0 Å². The van der Waals surface area contributed by atoms with Gasteiger partial charge < -0.3 is 15.1 Å². The van der Waals surface area contributed by atoms with Crippen molar-refractivity contribution in [1.29, 1.82) is 0 Å². The van der Waals surface area contributed by atoms with E-state index in [1.54, 1.807) is 0 Å². The van der Waals surface area contributed by atoms with Gasteiger partial charge in [-0.2, -0.15) is 0 Å². The minimum absolute atomic E-state index is 0.138. The summed E-state index contributed by atoms with van der Waals surface area (Å²) in [5.74, 6) is 0.897. The summed E-state index contributed by atoms with van der Waals surface area (Å²) < 4.78 is 0. The number of nitrogens with zero attached hydrogens (tertiary/aromatic N) is 2. The Morgan fingerprint density at radius 1 is 1.25 bits per heavy atom. The fourth-order valence-corrected chi connectivity index (χ4v) is 3.34. The van der Waals surface area contributed by atoms with Crippen molar-refractivity contribution in [3.05, 3.63) is 24.3 Å². The van der Waals surface area contributed by atoms with Crippen molar-refractivity contribution in [3.63, 3.8) is 0 Å². The number of hydrogen-bond donors (Lipinski definition) is 1. The molecule has 2 atom stereocenters. The van der Waals surface area contributed by atoms with E-state index in [1.807, 2.05) is 17.0 Å². The Balaban J connectivity index is 1.95. The fraction of sp³-hybridized carbons (Fsp3) is 0.562. The number of carbonyl (C=O) groups is 1. The van der Waals surface area contributed by atoms with E-state index in [4.69, 9.17) is 0 Å². The number of benzene rings is 1. The molecule has 0 saturated carbocycles. The van der Waals surface area contributed by atoms with Crippen LogP contribution in [0.3, 0.4) is 0 Å². The van der Waals surface area contributed by atoms with Crippen LogP contribution in [0.25, 0.3) is 0 Å².